The Kier molecular flexibility index (Phi) is 7.55. The first-order valence-corrected chi connectivity index (χ1v) is 12.1. The van der Waals surface area contributed by atoms with Gasteiger partial charge in [0.25, 0.3) is 11.5 Å². The van der Waals surface area contributed by atoms with Crippen molar-refractivity contribution < 1.29 is 4.79 Å². The number of hydrogen-bond donors (Lipinski definition) is 1. The van der Waals surface area contributed by atoms with Gasteiger partial charge in [0.05, 0.1) is 11.0 Å². The first-order chi connectivity index (χ1) is 16.0. The molecule has 0 bridgehead atoms. The maximum Gasteiger partial charge on any atom is 0.277 e. The van der Waals surface area contributed by atoms with Gasteiger partial charge in [-0.3, -0.25) is 9.59 Å². The molecule has 1 fully saturated rings. The van der Waals surface area contributed by atoms with Crippen LogP contribution in [0.5, 0.6) is 0 Å². The average molecular weight is 447 g/mol. The lowest BCUT2D eigenvalue weighted by molar-refractivity contribution is 0.0948. The predicted octanol–water partition coefficient (Wildman–Crippen LogP) is 4.33. The van der Waals surface area contributed by atoms with E-state index in [1.807, 2.05) is 41.0 Å². The van der Waals surface area contributed by atoms with Crippen LogP contribution in [0.15, 0.2) is 53.3 Å². The van der Waals surface area contributed by atoms with Crippen molar-refractivity contribution in [2.45, 2.75) is 46.1 Å². The molecule has 1 aromatic heterocycles. The summed E-state index contributed by atoms with van der Waals surface area (Å²) in [4.78, 5) is 33.0. The summed E-state index contributed by atoms with van der Waals surface area (Å²) in [6.45, 7) is 8.61. The Morgan fingerprint density at radius 2 is 1.70 bits per heavy atom. The highest BCUT2D eigenvalue weighted by Gasteiger charge is 2.15. The lowest BCUT2D eigenvalue weighted by Gasteiger charge is -2.19. The molecule has 4 rings (SSSR count). The summed E-state index contributed by atoms with van der Waals surface area (Å²) in [6.07, 6.45) is 5.11. The average Bonchev–Trinajstić information content (AvgIpc) is 3.09. The first-order valence-electron chi connectivity index (χ1n) is 12.1. The summed E-state index contributed by atoms with van der Waals surface area (Å²) in [7, 11) is 0. The summed E-state index contributed by atoms with van der Waals surface area (Å²) in [5.74, 6) is 0.252. The van der Waals surface area contributed by atoms with Crippen molar-refractivity contribution in [2.24, 2.45) is 5.92 Å². The Balaban J connectivity index is 1.49. The topological polar surface area (TPSA) is 67.2 Å². The molecule has 3 aromatic rings. The smallest absolute Gasteiger partial charge is 0.277 e. The van der Waals surface area contributed by atoms with Crippen LogP contribution in [-0.4, -0.2) is 46.5 Å². The van der Waals surface area contributed by atoms with E-state index in [1.165, 1.54) is 25.7 Å². The number of carbonyl (C=O) groups is 1. The molecule has 6 heteroatoms. The highest BCUT2D eigenvalue weighted by atomic mass is 16.1. The van der Waals surface area contributed by atoms with E-state index in [0.717, 1.165) is 36.2 Å². The SMILES string of the molecule is CC(C)Cn1c(=O)c(-c2ccc(C(=O)NCCN3CCCCCC3)cc2)nc2ccccc21. The molecule has 1 amide bonds. The van der Waals surface area contributed by atoms with Crippen LogP contribution in [0, 0.1) is 5.92 Å². The quantitative estimate of drug-likeness (QED) is 0.587. The van der Waals surface area contributed by atoms with Crippen molar-refractivity contribution in [3.05, 3.63) is 64.4 Å². The second kappa shape index (κ2) is 10.8. The molecule has 0 aliphatic carbocycles. The molecule has 0 saturated carbocycles. The summed E-state index contributed by atoms with van der Waals surface area (Å²) < 4.78 is 1.81. The molecule has 1 aliphatic rings. The van der Waals surface area contributed by atoms with Crippen LogP contribution in [0.2, 0.25) is 0 Å². The number of hydrogen-bond acceptors (Lipinski definition) is 4. The number of likely N-dealkylation sites (tertiary alicyclic amines) is 1. The van der Waals surface area contributed by atoms with E-state index in [4.69, 9.17) is 0 Å². The van der Waals surface area contributed by atoms with Gasteiger partial charge in [-0.15, -0.1) is 0 Å². The van der Waals surface area contributed by atoms with Crippen molar-refractivity contribution in [1.82, 2.24) is 19.8 Å². The molecule has 1 aliphatic heterocycles. The third-order valence-corrected chi connectivity index (χ3v) is 6.23. The Morgan fingerprint density at radius 3 is 2.39 bits per heavy atom. The zero-order valence-corrected chi connectivity index (χ0v) is 19.7. The van der Waals surface area contributed by atoms with Crippen LogP contribution >= 0.6 is 0 Å². The molecule has 0 spiro atoms. The number of fused-ring (bicyclic) bond motifs is 1. The lowest BCUT2D eigenvalue weighted by Crippen LogP contribution is -2.35. The summed E-state index contributed by atoms with van der Waals surface area (Å²) in [6, 6.07) is 14.9. The van der Waals surface area contributed by atoms with Crippen molar-refractivity contribution in [3.63, 3.8) is 0 Å². The Bertz CT molecular complexity index is 1140. The van der Waals surface area contributed by atoms with Gasteiger partial charge in [-0.05, 0) is 56.1 Å². The van der Waals surface area contributed by atoms with Gasteiger partial charge >= 0.3 is 0 Å². The molecule has 1 N–H and O–H groups in total. The molecule has 2 heterocycles. The standard InChI is InChI=1S/C27H34N4O2/c1-20(2)19-31-24-10-6-5-9-23(24)29-25(27(31)33)21-11-13-22(14-12-21)26(32)28-15-18-30-16-7-3-4-8-17-30/h5-6,9-14,20H,3-4,7-8,15-19H2,1-2H3,(H,28,32). The largest absolute Gasteiger partial charge is 0.351 e. The van der Waals surface area contributed by atoms with Crippen LogP contribution in [0.3, 0.4) is 0 Å². The third-order valence-electron chi connectivity index (χ3n) is 6.23. The maximum absolute atomic E-state index is 13.3. The molecule has 0 radical (unpaired) electrons. The third kappa shape index (κ3) is 5.69. The molecular weight excluding hydrogens is 412 g/mol. The van der Waals surface area contributed by atoms with E-state index in [0.29, 0.717) is 30.3 Å². The van der Waals surface area contributed by atoms with E-state index in [2.05, 4.69) is 29.0 Å². The van der Waals surface area contributed by atoms with Gasteiger partial charge in [-0.2, -0.15) is 0 Å². The minimum absolute atomic E-state index is 0.0833. The molecule has 0 atom stereocenters. The molecule has 0 unspecified atom stereocenters. The number of amides is 1. The number of aromatic nitrogens is 2. The lowest BCUT2D eigenvalue weighted by atomic mass is 10.1. The number of nitrogens with one attached hydrogen (secondary N) is 1. The fourth-order valence-corrected chi connectivity index (χ4v) is 4.50. The van der Waals surface area contributed by atoms with Crippen LogP contribution in [0.25, 0.3) is 22.3 Å². The van der Waals surface area contributed by atoms with Crippen molar-refractivity contribution in [1.29, 1.82) is 0 Å². The number of para-hydroxylation sites is 2. The summed E-state index contributed by atoms with van der Waals surface area (Å²) >= 11 is 0. The molecular formula is C27H34N4O2. The number of carbonyl (C=O) groups excluding carboxylic acids is 1. The van der Waals surface area contributed by atoms with Crippen molar-refractivity contribution >= 4 is 16.9 Å². The Labute approximate surface area is 195 Å². The highest BCUT2D eigenvalue weighted by Crippen LogP contribution is 2.19. The fraction of sp³-hybridized carbons (Fsp3) is 0.444. The van der Waals surface area contributed by atoms with Gasteiger partial charge < -0.3 is 14.8 Å². The number of nitrogens with zero attached hydrogens (tertiary/aromatic N) is 3. The van der Waals surface area contributed by atoms with Crippen molar-refractivity contribution in [3.8, 4) is 11.3 Å². The summed E-state index contributed by atoms with van der Waals surface area (Å²) in [5.41, 5.74) is 3.28. The van der Waals surface area contributed by atoms with Gasteiger partial charge in [-0.25, -0.2) is 4.98 Å². The van der Waals surface area contributed by atoms with E-state index >= 15 is 0 Å². The van der Waals surface area contributed by atoms with Crippen LogP contribution in [0.4, 0.5) is 0 Å². The van der Waals surface area contributed by atoms with Crippen LogP contribution in [0.1, 0.15) is 49.9 Å². The van der Waals surface area contributed by atoms with Crippen LogP contribution in [-0.2, 0) is 6.54 Å². The molecule has 33 heavy (non-hydrogen) atoms. The van der Waals surface area contributed by atoms with Gasteiger partial charge in [0.2, 0.25) is 0 Å². The maximum atomic E-state index is 13.3. The van der Waals surface area contributed by atoms with Gasteiger partial charge in [0, 0.05) is 30.8 Å². The van der Waals surface area contributed by atoms with E-state index in [9.17, 15) is 9.59 Å². The monoisotopic (exact) mass is 446 g/mol. The van der Waals surface area contributed by atoms with E-state index < -0.39 is 0 Å². The Morgan fingerprint density at radius 1 is 1.00 bits per heavy atom. The van der Waals surface area contributed by atoms with E-state index in [-0.39, 0.29) is 11.5 Å². The molecule has 1 saturated heterocycles. The van der Waals surface area contributed by atoms with Crippen molar-refractivity contribution in [2.75, 3.05) is 26.2 Å². The molecule has 174 valence electrons. The second-order valence-electron chi connectivity index (χ2n) is 9.35. The van der Waals surface area contributed by atoms with Gasteiger partial charge in [0.15, 0.2) is 0 Å². The highest BCUT2D eigenvalue weighted by molar-refractivity contribution is 5.94. The Hall–Kier alpha value is -2.99. The number of benzene rings is 2. The van der Waals surface area contributed by atoms with Gasteiger partial charge in [0.1, 0.15) is 5.69 Å². The van der Waals surface area contributed by atoms with Gasteiger partial charge in [-0.1, -0.05) is 51.0 Å². The minimum atomic E-state index is -0.1000. The zero-order chi connectivity index (χ0) is 23.2. The fourth-order valence-electron chi connectivity index (χ4n) is 4.50. The first kappa shape index (κ1) is 23.2. The summed E-state index contributed by atoms with van der Waals surface area (Å²) in [5, 5.41) is 3.03. The van der Waals surface area contributed by atoms with Crippen LogP contribution < -0.4 is 10.9 Å². The van der Waals surface area contributed by atoms with E-state index in [1.54, 1.807) is 12.1 Å². The predicted molar refractivity (Wildman–Crippen MR) is 134 cm³/mol. The normalized spacial score (nSPS) is 15.0. The zero-order valence-electron chi connectivity index (χ0n) is 19.7. The second-order valence-corrected chi connectivity index (χ2v) is 9.35. The number of rotatable bonds is 7. The molecule has 2 aromatic carbocycles. The minimum Gasteiger partial charge on any atom is -0.351 e. The molecule has 6 nitrogen and oxygen atoms in total.